The zero-order valence-electron chi connectivity index (χ0n) is 12.3. The minimum absolute atomic E-state index is 0.317. The summed E-state index contributed by atoms with van der Waals surface area (Å²) in [5.74, 6) is 0. The van der Waals surface area contributed by atoms with Gasteiger partial charge in [0.25, 0.3) is 0 Å². The van der Waals surface area contributed by atoms with Gasteiger partial charge in [-0.05, 0) is 46.5 Å². The number of hydrazine groups is 1. The molecule has 3 heteroatoms. The lowest BCUT2D eigenvalue weighted by Crippen LogP contribution is -2.26. The Labute approximate surface area is 130 Å². The summed E-state index contributed by atoms with van der Waals surface area (Å²) in [4.78, 5) is 0. The molecule has 0 amide bonds. The highest BCUT2D eigenvalue weighted by Gasteiger charge is 2.26. The van der Waals surface area contributed by atoms with E-state index in [4.69, 9.17) is 5.73 Å². The highest BCUT2D eigenvalue weighted by Crippen LogP contribution is 2.32. The lowest BCUT2D eigenvalue weighted by molar-refractivity contribution is 0.555. The van der Waals surface area contributed by atoms with Gasteiger partial charge in [0.15, 0.2) is 0 Å². The van der Waals surface area contributed by atoms with E-state index < -0.39 is 0 Å². The maximum atomic E-state index is 5.76. The van der Waals surface area contributed by atoms with E-state index in [9.17, 15) is 0 Å². The molecule has 0 bridgehead atoms. The molecule has 1 saturated heterocycles. The second kappa shape index (κ2) is 5.44. The Morgan fingerprint density at radius 3 is 2.14 bits per heavy atom. The Hall–Kier alpha value is -2.36. The van der Waals surface area contributed by atoms with Crippen molar-refractivity contribution < 1.29 is 0 Å². The van der Waals surface area contributed by atoms with E-state index in [1.807, 2.05) is 12.1 Å². The van der Waals surface area contributed by atoms with Gasteiger partial charge in [-0.15, -0.1) is 0 Å². The summed E-state index contributed by atoms with van der Waals surface area (Å²) >= 11 is 0. The SMILES string of the molecule is Nc1ccc(C2CC(c3ccc4ccccc4c3)NN2)cc1. The molecule has 3 nitrogen and oxygen atoms in total. The number of nitrogens with one attached hydrogen (secondary N) is 2. The van der Waals surface area contributed by atoms with Gasteiger partial charge in [0.05, 0.1) is 0 Å². The Balaban J connectivity index is 1.57. The minimum atomic E-state index is 0.317. The van der Waals surface area contributed by atoms with E-state index in [1.54, 1.807) is 0 Å². The summed E-state index contributed by atoms with van der Waals surface area (Å²) in [5.41, 5.74) is 16.0. The molecule has 4 N–H and O–H groups in total. The molecule has 3 aromatic rings. The van der Waals surface area contributed by atoms with Gasteiger partial charge in [0, 0.05) is 17.8 Å². The van der Waals surface area contributed by atoms with Crippen molar-refractivity contribution in [2.45, 2.75) is 18.5 Å². The van der Waals surface area contributed by atoms with Gasteiger partial charge < -0.3 is 5.73 Å². The van der Waals surface area contributed by atoms with Crippen LogP contribution in [0.15, 0.2) is 66.7 Å². The zero-order chi connectivity index (χ0) is 14.9. The Morgan fingerprint density at radius 1 is 0.727 bits per heavy atom. The molecule has 1 aliphatic rings. The van der Waals surface area contributed by atoms with Crippen LogP contribution in [0.3, 0.4) is 0 Å². The van der Waals surface area contributed by atoms with Crippen molar-refractivity contribution in [3.8, 4) is 0 Å². The lowest BCUT2D eigenvalue weighted by atomic mass is 9.96. The molecule has 0 aliphatic carbocycles. The van der Waals surface area contributed by atoms with E-state index in [1.165, 1.54) is 21.9 Å². The fraction of sp³-hybridized carbons (Fsp3) is 0.158. The molecule has 1 fully saturated rings. The molecule has 22 heavy (non-hydrogen) atoms. The van der Waals surface area contributed by atoms with Crippen LogP contribution >= 0.6 is 0 Å². The Kier molecular flexibility index (Phi) is 3.29. The number of anilines is 1. The van der Waals surface area contributed by atoms with Crippen molar-refractivity contribution in [1.29, 1.82) is 0 Å². The average molecular weight is 289 g/mol. The largest absolute Gasteiger partial charge is 0.399 e. The standard InChI is InChI=1S/C19H19N3/c20-17-9-7-14(8-10-17)18-12-19(22-21-18)16-6-5-13-3-1-2-4-15(13)11-16/h1-11,18-19,21-22H,12,20H2. The van der Waals surface area contributed by atoms with Crippen LogP contribution in [-0.2, 0) is 0 Å². The zero-order valence-corrected chi connectivity index (χ0v) is 12.3. The normalized spacial score (nSPS) is 21.3. The molecule has 0 spiro atoms. The first-order valence-electron chi connectivity index (χ1n) is 7.65. The van der Waals surface area contributed by atoms with Gasteiger partial charge in [-0.25, -0.2) is 10.9 Å². The molecule has 3 aromatic carbocycles. The lowest BCUT2D eigenvalue weighted by Gasteiger charge is -2.11. The molecular weight excluding hydrogens is 270 g/mol. The molecule has 110 valence electrons. The maximum absolute atomic E-state index is 5.76. The van der Waals surface area contributed by atoms with Gasteiger partial charge in [0.2, 0.25) is 0 Å². The van der Waals surface area contributed by atoms with Crippen molar-refractivity contribution in [1.82, 2.24) is 10.9 Å². The van der Waals surface area contributed by atoms with Crippen LogP contribution in [0.2, 0.25) is 0 Å². The molecule has 1 aliphatic heterocycles. The van der Waals surface area contributed by atoms with Crippen LogP contribution in [0.25, 0.3) is 10.8 Å². The Morgan fingerprint density at radius 2 is 1.36 bits per heavy atom. The fourth-order valence-corrected chi connectivity index (χ4v) is 3.15. The van der Waals surface area contributed by atoms with Crippen LogP contribution in [0.4, 0.5) is 5.69 Å². The molecule has 2 atom stereocenters. The molecule has 0 aromatic heterocycles. The van der Waals surface area contributed by atoms with E-state index in [0.717, 1.165) is 12.1 Å². The summed E-state index contributed by atoms with van der Waals surface area (Å²) < 4.78 is 0. The first-order valence-corrected chi connectivity index (χ1v) is 7.65. The summed E-state index contributed by atoms with van der Waals surface area (Å²) in [5, 5.41) is 2.57. The Bertz CT molecular complexity index is 795. The third kappa shape index (κ3) is 2.45. The highest BCUT2D eigenvalue weighted by molar-refractivity contribution is 5.83. The predicted molar refractivity (Wildman–Crippen MR) is 91.2 cm³/mol. The smallest absolute Gasteiger partial charge is 0.0481 e. The van der Waals surface area contributed by atoms with Gasteiger partial charge >= 0.3 is 0 Å². The number of hydrogen-bond donors (Lipinski definition) is 3. The summed E-state index contributed by atoms with van der Waals surface area (Å²) in [6, 6.07) is 23.9. The number of rotatable bonds is 2. The van der Waals surface area contributed by atoms with Crippen LogP contribution in [0.5, 0.6) is 0 Å². The highest BCUT2D eigenvalue weighted by atomic mass is 15.4. The third-order valence-corrected chi connectivity index (χ3v) is 4.42. The molecule has 1 heterocycles. The fourth-order valence-electron chi connectivity index (χ4n) is 3.15. The van der Waals surface area contributed by atoms with E-state index in [2.05, 4.69) is 65.4 Å². The topological polar surface area (TPSA) is 50.1 Å². The van der Waals surface area contributed by atoms with Gasteiger partial charge in [-0.1, -0.05) is 48.5 Å². The number of nitrogen functional groups attached to an aromatic ring is 1. The molecule has 0 saturated carbocycles. The first kappa shape index (κ1) is 13.3. The maximum Gasteiger partial charge on any atom is 0.0481 e. The van der Waals surface area contributed by atoms with Crippen molar-refractivity contribution >= 4 is 16.5 Å². The van der Waals surface area contributed by atoms with Crippen molar-refractivity contribution in [2.75, 3.05) is 5.73 Å². The molecule has 4 rings (SSSR count). The number of fused-ring (bicyclic) bond motifs is 1. The van der Waals surface area contributed by atoms with Crippen LogP contribution in [0.1, 0.15) is 29.6 Å². The van der Waals surface area contributed by atoms with Gasteiger partial charge in [-0.2, -0.15) is 0 Å². The van der Waals surface area contributed by atoms with Crippen molar-refractivity contribution in [2.24, 2.45) is 0 Å². The van der Waals surface area contributed by atoms with Gasteiger partial charge in [-0.3, -0.25) is 0 Å². The number of nitrogens with two attached hydrogens (primary N) is 1. The average Bonchev–Trinajstić information content (AvgIpc) is 3.05. The molecule has 0 radical (unpaired) electrons. The van der Waals surface area contributed by atoms with E-state index in [0.29, 0.717) is 12.1 Å². The van der Waals surface area contributed by atoms with Crippen LogP contribution in [-0.4, -0.2) is 0 Å². The van der Waals surface area contributed by atoms with Gasteiger partial charge in [0.1, 0.15) is 0 Å². The quantitative estimate of drug-likeness (QED) is 0.630. The monoisotopic (exact) mass is 289 g/mol. The summed E-state index contributed by atoms with van der Waals surface area (Å²) in [7, 11) is 0. The number of benzene rings is 3. The van der Waals surface area contributed by atoms with Crippen molar-refractivity contribution in [3.63, 3.8) is 0 Å². The summed E-state index contributed by atoms with van der Waals surface area (Å²) in [6.07, 6.45) is 1.03. The van der Waals surface area contributed by atoms with E-state index >= 15 is 0 Å². The first-order chi connectivity index (χ1) is 10.8. The third-order valence-electron chi connectivity index (χ3n) is 4.42. The predicted octanol–water partition coefficient (Wildman–Crippen LogP) is 3.70. The minimum Gasteiger partial charge on any atom is -0.399 e. The number of hydrogen-bond acceptors (Lipinski definition) is 3. The summed E-state index contributed by atoms with van der Waals surface area (Å²) in [6.45, 7) is 0. The van der Waals surface area contributed by atoms with Crippen LogP contribution in [0, 0.1) is 0 Å². The second-order valence-corrected chi connectivity index (χ2v) is 5.90. The van der Waals surface area contributed by atoms with E-state index in [-0.39, 0.29) is 0 Å². The van der Waals surface area contributed by atoms with Crippen molar-refractivity contribution in [3.05, 3.63) is 77.9 Å². The van der Waals surface area contributed by atoms with Crippen LogP contribution < -0.4 is 16.6 Å². The molecular formula is C19H19N3. The second-order valence-electron chi connectivity index (χ2n) is 5.90. The molecule has 2 unspecified atom stereocenters.